The lowest BCUT2D eigenvalue weighted by Gasteiger charge is -2.13. The summed E-state index contributed by atoms with van der Waals surface area (Å²) < 4.78 is 6.82. The lowest BCUT2D eigenvalue weighted by atomic mass is 10.1. The molecule has 1 unspecified atom stereocenters. The van der Waals surface area contributed by atoms with E-state index in [1.807, 2.05) is 19.1 Å². The van der Waals surface area contributed by atoms with Gasteiger partial charge >= 0.3 is 0 Å². The third-order valence-electron chi connectivity index (χ3n) is 4.46. The summed E-state index contributed by atoms with van der Waals surface area (Å²) in [6.45, 7) is 2.05. The molecule has 0 radical (unpaired) electrons. The number of hydrogen-bond acceptors (Lipinski definition) is 4. The third-order valence-corrected chi connectivity index (χ3v) is 4.69. The van der Waals surface area contributed by atoms with Gasteiger partial charge in [-0.05, 0) is 42.3 Å². The lowest BCUT2D eigenvalue weighted by Crippen LogP contribution is -2.29. The molecule has 6 nitrogen and oxygen atoms in total. The summed E-state index contributed by atoms with van der Waals surface area (Å²) in [7, 11) is 1.58. The molecule has 3 rings (SSSR count). The minimum absolute atomic E-state index is 0.0939. The van der Waals surface area contributed by atoms with E-state index in [0.717, 1.165) is 11.4 Å². The predicted molar refractivity (Wildman–Crippen MR) is 108 cm³/mol. The maximum atomic E-state index is 12.7. The average molecular weight is 400 g/mol. The smallest absolute Gasteiger partial charge is 0.254 e. The van der Waals surface area contributed by atoms with Crippen LogP contribution in [0.2, 0.25) is 5.02 Å². The number of aliphatic hydroxyl groups excluding tert-OH is 1. The van der Waals surface area contributed by atoms with Crippen LogP contribution in [0.4, 0.5) is 0 Å². The summed E-state index contributed by atoms with van der Waals surface area (Å²) in [5.74, 6) is 0.429. The number of nitrogens with zero attached hydrogens (tertiary/aromatic N) is 2. The fourth-order valence-electron chi connectivity index (χ4n) is 2.96. The molecule has 1 aromatic heterocycles. The first-order valence-electron chi connectivity index (χ1n) is 8.96. The van der Waals surface area contributed by atoms with Crippen LogP contribution in [0.15, 0.2) is 54.7 Å². The molecule has 28 heavy (non-hydrogen) atoms. The van der Waals surface area contributed by atoms with E-state index < -0.39 is 6.10 Å². The number of carbonyl (C=O) groups is 1. The second-order valence-electron chi connectivity index (χ2n) is 6.25. The van der Waals surface area contributed by atoms with E-state index in [2.05, 4.69) is 10.4 Å². The van der Waals surface area contributed by atoms with Crippen molar-refractivity contribution in [1.82, 2.24) is 15.1 Å². The summed E-state index contributed by atoms with van der Waals surface area (Å²) >= 11 is 6.07. The third kappa shape index (κ3) is 4.35. The van der Waals surface area contributed by atoms with Crippen LogP contribution in [0.1, 0.15) is 34.6 Å². The topological polar surface area (TPSA) is 76.4 Å². The van der Waals surface area contributed by atoms with Gasteiger partial charge < -0.3 is 15.2 Å². The Balaban J connectivity index is 1.72. The second kappa shape index (κ2) is 8.91. The van der Waals surface area contributed by atoms with Crippen molar-refractivity contribution in [3.8, 4) is 11.4 Å². The molecule has 7 heteroatoms. The highest BCUT2D eigenvalue weighted by Gasteiger charge is 2.18. The Morgan fingerprint density at radius 1 is 1.29 bits per heavy atom. The van der Waals surface area contributed by atoms with Gasteiger partial charge in [-0.15, -0.1) is 0 Å². The summed E-state index contributed by atoms with van der Waals surface area (Å²) in [6.07, 6.45) is 1.34. The van der Waals surface area contributed by atoms with Gasteiger partial charge in [0.25, 0.3) is 5.91 Å². The van der Waals surface area contributed by atoms with Gasteiger partial charge in [0.2, 0.25) is 0 Å². The van der Waals surface area contributed by atoms with E-state index in [4.69, 9.17) is 16.3 Å². The SMILES string of the molecule is CCc1c(C(=O)NCC(O)c2ccc(OC)cc2)cnn1-c1cccc(Cl)c1. The Hall–Kier alpha value is -2.83. The number of ether oxygens (including phenoxy) is 1. The van der Waals surface area contributed by atoms with Crippen molar-refractivity contribution in [3.05, 3.63) is 76.6 Å². The molecule has 1 amide bonds. The molecule has 0 fully saturated rings. The van der Waals surface area contributed by atoms with Gasteiger partial charge in [-0.25, -0.2) is 4.68 Å². The van der Waals surface area contributed by atoms with Crippen LogP contribution in [0, 0.1) is 0 Å². The summed E-state index contributed by atoms with van der Waals surface area (Å²) in [6, 6.07) is 14.4. The Kier molecular flexibility index (Phi) is 6.34. The number of halogens is 1. The van der Waals surface area contributed by atoms with E-state index >= 15 is 0 Å². The highest BCUT2D eigenvalue weighted by Crippen LogP contribution is 2.20. The molecule has 0 spiro atoms. The summed E-state index contributed by atoms with van der Waals surface area (Å²) in [5.41, 5.74) is 2.75. The Morgan fingerprint density at radius 2 is 2.04 bits per heavy atom. The molecule has 0 aliphatic carbocycles. The van der Waals surface area contributed by atoms with Gasteiger partial charge in [0, 0.05) is 11.6 Å². The first-order chi connectivity index (χ1) is 13.5. The molecule has 1 atom stereocenters. The molecule has 0 aliphatic heterocycles. The van der Waals surface area contributed by atoms with Crippen molar-refractivity contribution in [2.75, 3.05) is 13.7 Å². The fourth-order valence-corrected chi connectivity index (χ4v) is 3.15. The van der Waals surface area contributed by atoms with Crippen LogP contribution in [0.5, 0.6) is 5.75 Å². The fraction of sp³-hybridized carbons (Fsp3) is 0.238. The minimum Gasteiger partial charge on any atom is -0.497 e. The van der Waals surface area contributed by atoms with Crippen LogP contribution in [-0.2, 0) is 6.42 Å². The standard InChI is InChI=1S/C21H22ClN3O3/c1-3-19-18(12-24-25(19)16-6-4-5-15(22)11-16)21(27)23-13-20(26)14-7-9-17(28-2)10-8-14/h4-12,20,26H,3,13H2,1-2H3,(H,23,27). The van der Waals surface area contributed by atoms with Crippen molar-refractivity contribution in [1.29, 1.82) is 0 Å². The summed E-state index contributed by atoms with van der Waals surface area (Å²) in [4.78, 5) is 12.7. The Bertz CT molecular complexity index is 954. The van der Waals surface area contributed by atoms with E-state index in [1.165, 1.54) is 6.20 Å². The van der Waals surface area contributed by atoms with E-state index in [9.17, 15) is 9.90 Å². The molecule has 0 aliphatic rings. The molecule has 3 aromatic rings. The number of hydrogen-bond donors (Lipinski definition) is 2. The first kappa shape index (κ1) is 19.9. The van der Waals surface area contributed by atoms with E-state index in [0.29, 0.717) is 28.3 Å². The summed E-state index contributed by atoms with van der Waals surface area (Å²) in [5, 5.41) is 18.1. The molecule has 2 N–H and O–H groups in total. The number of rotatable bonds is 7. The molecule has 0 saturated heterocycles. The van der Waals surface area contributed by atoms with Crippen LogP contribution >= 0.6 is 11.6 Å². The number of methoxy groups -OCH3 is 1. The number of aliphatic hydroxyl groups is 1. The maximum Gasteiger partial charge on any atom is 0.254 e. The van der Waals surface area contributed by atoms with Crippen molar-refractivity contribution in [2.24, 2.45) is 0 Å². The van der Waals surface area contributed by atoms with Crippen LogP contribution in [0.25, 0.3) is 5.69 Å². The Morgan fingerprint density at radius 3 is 2.68 bits per heavy atom. The number of carbonyl (C=O) groups excluding carboxylic acids is 1. The van der Waals surface area contributed by atoms with Crippen molar-refractivity contribution < 1.29 is 14.6 Å². The number of nitrogens with one attached hydrogen (secondary N) is 1. The van der Waals surface area contributed by atoms with Crippen molar-refractivity contribution in [3.63, 3.8) is 0 Å². The molecule has 1 heterocycles. The largest absolute Gasteiger partial charge is 0.497 e. The van der Waals surface area contributed by atoms with Crippen LogP contribution in [-0.4, -0.2) is 34.4 Å². The highest BCUT2D eigenvalue weighted by atomic mass is 35.5. The van der Waals surface area contributed by atoms with Crippen LogP contribution < -0.4 is 10.1 Å². The van der Waals surface area contributed by atoms with Gasteiger partial charge in [-0.1, -0.05) is 36.7 Å². The molecule has 0 bridgehead atoms. The molecular weight excluding hydrogens is 378 g/mol. The molecular formula is C21H22ClN3O3. The Labute approximate surface area is 168 Å². The minimum atomic E-state index is -0.817. The van der Waals surface area contributed by atoms with E-state index in [1.54, 1.807) is 48.2 Å². The lowest BCUT2D eigenvalue weighted by molar-refractivity contribution is 0.0915. The molecule has 146 valence electrons. The average Bonchev–Trinajstić information content (AvgIpc) is 3.16. The van der Waals surface area contributed by atoms with Crippen LogP contribution in [0.3, 0.4) is 0 Å². The highest BCUT2D eigenvalue weighted by molar-refractivity contribution is 6.30. The zero-order valence-corrected chi connectivity index (χ0v) is 16.5. The maximum absolute atomic E-state index is 12.7. The zero-order chi connectivity index (χ0) is 20.1. The monoisotopic (exact) mass is 399 g/mol. The van der Waals surface area contributed by atoms with Crippen molar-refractivity contribution in [2.45, 2.75) is 19.4 Å². The van der Waals surface area contributed by atoms with Gasteiger partial charge in [-0.3, -0.25) is 4.79 Å². The van der Waals surface area contributed by atoms with Crippen molar-refractivity contribution >= 4 is 17.5 Å². The first-order valence-corrected chi connectivity index (χ1v) is 9.34. The van der Waals surface area contributed by atoms with E-state index in [-0.39, 0.29) is 12.5 Å². The molecule has 0 saturated carbocycles. The zero-order valence-electron chi connectivity index (χ0n) is 15.7. The normalized spacial score (nSPS) is 11.9. The van der Waals surface area contributed by atoms with Gasteiger partial charge in [0.05, 0.1) is 36.4 Å². The van der Waals surface area contributed by atoms with Gasteiger partial charge in [0.1, 0.15) is 5.75 Å². The van der Waals surface area contributed by atoms with Gasteiger partial charge in [-0.2, -0.15) is 5.10 Å². The van der Waals surface area contributed by atoms with Gasteiger partial charge in [0.15, 0.2) is 0 Å². The predicted octanol–water partition coefficient (Wildman–Crippen LogP) is 3.56. The molecule has 2 aromatic carbocycles. The number of benzene rings is 2. The quantitative estimate of drug-likeness (QED) is 0.637. The second-order valence-corrected chi connectivity index (χ2v) is 6.69. The number of amides is 1. The number of aromatic nitrogens is 2.